The van der Waals surface area contributed by atoms with Crippen LogP contribution in [0.4, 0.5) is 0 Å². The zero-order valence-electron chi connectivity index (χ0n) is 20.4. The lowest BCUT2D eigenvalue weighted by Crippen LogP contribution is -2.16. The van der Waals surface area contributed by atoms with E-state index in [4.69, 9.17) is 9.47 Å². The molecule has 8 nitrogen and oxygen atoms in total. The lowest BCUT2D eigenvalue weighted by molar-refractivity contribution is 0.177. The van der Waals surface area contributed by atoms with Gasteiger partial charge < -0.3 is 19.7 Å². The van der Waals surface area contributed by atoms with Crippen molar-refractivity contribution in [1.29, 1.82) is 0 Å². The molecular formula is C28H26O8S2. The van der Waals surface area contributed by atoms with Crippen molar-refractivity contribution in [3.05, 3.63) is 97.1 Å². The molecule has 4 rings (SSSR count). The maximum absolute atomic E-state index is 12.7. The van der Waals surface area contributed by atoms with Crippen molar-refractivity contribution in [3.63, 3.8) is 0 Å². The smallest absolute Gasteiger partial charge is 0.206 e. The predicted molar refractivity (Wildman–Crippen MR) is 140 cm³/mol. The van der Waals surface area contributed by atoms with Crippen molar-refractivity contribution in [1.82, 2.24) is 0 Å². The van der Waals surface area contributed by atoms with Crippen LogP contribution in [0.2, 0.25) is 0 Å². The molecule has 0 saturated carbocycles. The van der Waals surface area contributed by atoms with Crippen LogP contribution in [-0.2, 0) is 19.7 Å². The first-order valence-corrected chi connectivity index (χ1v) is 14.6. The Balaban J connectivity index is 1.29. The third-order valence-electron chi connectivity index (χ3n) is 5.69. The fourth-order valence-corrected chi connectivity index (χ4v) is 6.09. The third kappa shape index (κ3) is 6.27. The first-order valence-electron chi connectivity index (χ1n) is 11.6. The van der Waals surface area contributed by atoms with Gasteiger partial charge in [0.15, 0.2) is 0 Å². The number of benzene rings is 4. The minimum Gasteiger partial charge on any atom is -0.508 e. The summed E-state index contributed by atoms with van der Waals surface area (Å²) in [5.41, 5.74) is 0. The van der Waals surface area contributed by atoms with Gasteiger partial charge in [-0.05, 0) is 104 Å². The van der Waals surface area contributed by atoms with Crippen molar-refractivity contribution in [2.75, 3.05) is 6.61 Å². The SMILES string of the molecule is CC(CCOc1ccc(S(=O)(=O)c2ccc(O)cc2)cc1)Oc1ccc(S(=O)(=O)c2ccc(O)cc2)cc1. The Morgan fingerprint density at radius 3 is 1.32 bits per heavy atom. The van der Waals surface area contributed by atoms with Crippen LogP contribution in [0.5, 0.6) is 23.0 Å². The molecule has 38 heavy (non-hydrogen) atoms. The highest BCUT2D eigenvalue weighted by atomic mass is 32.2. The standard InChI is InChI=1S/C28H26O8S2/c1-20(36-24-8-16-28(17-9-24)38(33,34)26-12-4-22(30)5-13-26)18-19-35-23-6-14-27(15-7-23)37(31,32)25-10-2-21(29)3-11-25/h2-17,20,29-30H,18-19H2,1H3. The molecule has 0 aliphatic rings. The van der Waals surface area contributed by atoms with Crippen LogP contribution in [0.1, 0.15) is 13.3 Å². The van der Waals surface area contributed by atoms with Crippen molar-refractivity contribution in [2.45, 2.75) is 39.0 Å². The van der Waals surface area contributed by atoms with E-state index >= 15 is 0 Å². The van der Waals surface area contributed by atoms with Crippen LogP contribution in [0.3, 0.4) is 0 Å². The minimum atomic E-state index is -3.71. The zero-order chi connectivity index (χ0) is 27.3. The topological polar surface area (TPSA) is 127 Å². The van der Waals surface area contributed by atoms with Gasteiger partial charge in [0.05, 0.1) is 32.3 Å². The molecule has 0 heterocycles. The van der Waals surface area contributed by atoms with E-state index in [0.717, 1.165) is 0 Å². The van der Waals surface area contributed by atoms with E-state index in [2.05, 4.69) is 0 Å². The predicted octanol–water partition coefficient (Wildman–Crippen LogP) is 5.00. The number of aromatic hydroxyl groups is 2. The van der Waals surface area contributed by atoms with Crippen molar-refractivity contribution in [3.8, 4) is 23.0 Å². The molecule has 0 radical (unpaired) electrons. The van der Waals surface area contributed by atoms with Gasteiger partial charge >= 0.3 is 0 Å². The Labute approximate surface area is 221 Å². The molecule has 0 fully saturated rings. The second kappa shape index (κ2) is 11.2. The molecule has 0 saturated heterocycles. The summed E-state index contributed by atoms with van der Waals surface area (Å²) in [5, 5.41) is 18.7. The van der Waals surface area contributed by atoms with Gasteiger partial charge in [0, 0.05) is 6.42 Å². The quantitative estimate of drug-likeness (QED) is 0.280. The number of ether oxygens (including phenoxy) is 2. The monoisotopic (exact) mass is 554 g/mol. The van der Waals surface area contributed by atoms with Crippen LogP contribution in [0, 0.1) is 0 Å². The Kier molecular flexibility index (Phi) is 7.94. The lowest BCUT2D eigenvalue weighted by Gasteiger charge is -2.16. The number of hydrogen-bond donors (Lipinski definition) is 2. The summed E-state index contributed by atoms with van der Waals surface area (Å²) in [5.74, 6) is 0.985. The number of phenols is 2. The number of sulfone groups is 2. The largest absolute Gasteiger partial charge is 0.508 e. The van der Waals surface area contributed by atoms with E-state index in [1.807, 2.05) is 6.92 Å². The molecule has 4 aromatic rings. The van der Waals surface area contributed by atoms with Crippen LogP contribution in [-0.4, -0.2) is 39.8 Å². The van der Waals surface area contributed by atoms with Gasteiger partial charge in [-0.2, -0.15) is 0 Å². The van der Waals surface area contributed by atoms with Gasteiger partial charge in [-0.25, -0.2) is 16.8 Å². The number of phenolic OH excluding ortho intramolecular Hbond substituents is 2. The van der Waals surface area contributed by atoms with E-state index < -0.39 is 19.7 Å². The maximum atomic E-state index is 12.7. The average molecular weight is 555 g/mol. The first-order chi connectivity index (χ1) is 18.1. The Morgan fingerprint density at radius 2 is 0.921 bits per heavy atom. The van der Waals surface area contributed by atoms with Crippen molar-refractivity contribution >= 4 is 19.7 Å². The molecule has 4 aromatic carbocycles. The van der Waals surface area contributed by atoms with E-state index in [1.54, 1.807) is 24.3 Å². The van der Waals surface area contributed by atoms with E-state index in [-0.39, 0.29) is 37.2 Å². The Morgan fingerprint density at radius 1 is 0.579 bits per heavy atom. The Bertz CT molecular complexity index is 1580. The highest BCUT2D eigenvalue weighted by Crippen LogP contribution is 2.26. The van der Waals surface area contributed by atoms with Gasteiger partial charge in [-0.1, -0.05) is 0 Å². The molecule has 0 spiro atoms. The summed E-state index contributed by atoms with van der Waals surface area (Å²) in [6, 6.07) is 22.8. The summed E-state index contributed by atoms with van der Waals surface area (Å²) in [7, 11) is -7.42. The molecular weight excluding hydrogens is 528 g/mol. The van der Waals surface area contributed by atoms with Gasteiger partial charge in [0.1, 0.15) is 23.0 Å². The van der Waals surface area contributed by atoms with Crippen molar-refractivity contribution < 1.29 is 36.5 Å². The van der Waals surface area contributed by atoms with E-state index in [9.17, 15) is 27.0 Å². The van der Waals surface area contributed by atoms with Gasteiger partial charge in [0.25, 0.3) is 0 Å². The fourth-order valence-electron chi connectivity index (χ4n) is 3.57. The molecule has 0 amide bonds. The van der Waals surface area contributed by atoms with Crippen LogP contribution in [0.25, 0.3) is 0 Å². The second-order valence-corrected chi connectivity index (χ2v) is 12.4. The summed E-state index contributed by atoms with van der Waals surface area (Å²) in [4.78, 5) is 0.395. The maximum Gasteiger partial charge on any atom is 0.206 e. The summed E-state index contributed by atoms with van der Waals surface area (Å²) in [6.07, 6.45) is 0.296. The molecule has 198 valence electrons. The molecule has 10 heteroatoms. The summed E-state index contributed by atoms with van der Waals surface area (Å²) < 4.78 is 62.5. The summed E-state index contributed by atoms with van der Waals surface area (Å²) >= 11 is 0. The third-order valence-corrected chi connectivity index (χ3v) is 9.26. The molecule has 0 aromatic heterocycles. The highest BCUT2D eigenvalue weighted by molar-refractivity contribution is 7.91. The second-order valence-electron chi connectivity index (χ2n) is 8.50. The van der Waals surface area contributed by atoms with Gasteiger partial charge in [-0.3, -0.25) is 0 Å². The van der Waals surface area contributed by atoms with E-state index in [0.29, 0.717) is 24.5 Å². The van der Waals surface area contributed by atoms with Crippen LogP contribution in [0.15, 0.2) is 117 Å². The zero-order valence-corrected chi connectivity index (χ0v) is 22.0. The lowest BCUT2D eigenvalue weighted by atomic mass is 10.3. The van der Waals surface area contributed by atoms with Gasteiger partial charge in [-0.15, -0.1) is 0 Å². The van der Waals surface area contributed by atoms with Crippen LogP contribution >= 0.6 is 0 Å². The molecule has 1 atom stereocenters. The molecule has 0 aliphatic carbocycles. The fraction of sp³-hybridized carbons (Fsp3) is 0.143. The highest BCUT2D eigenvalue weighted by Gasteiger charge is 2.19. The Hall–Kier alpha value is -4.02. The van der Waals surface area contributed by atoms with E-state index in [1.165, 1.54) is 72.8 Å². The number of rotatable bonds is 10. The average Bonchev–Trinajstić information content (AvgIpc) is 2.90. The first kappa shape index (κ1) is 27.0. The summed E-state index contributed by atoms with van der Waals surface area (Å²) in [6.45, 7) is 2.18. The van der Waals surface area contributed by atoms with Crippen LogP contribution < -0.4 is 9.47 Å². The molecule has 0 bridgehead atoms. The molecule has 0 aliphatic heterocycles. The molecule has 1 unspecified atom stereocenters. The minimum absolute atomic E-state index is 0.0125. The number of hydrogen-bond acceptors (Lipinski definition) is 8. The van der Waals surface area contributed by atoms with Crippen molar-refractivity contribution in [2.24, 2.45) is 0 Å². The normalized spacial score (nSPS) is 12.6. The molecule has 2 N–H and O–H groups in total. The van der Waals surface area contributed by atoms with Gasteiger partial charge in [0.2, 0.25) is 19.7 Å².